The van der Waals surface area contributed by atoms with E-state index in [0.29, 0.717) is 10.2 Å². The van der Waals surface area contributed by atoms with Crippen LogP contribution in [0.4, 0.5) is 19.0 Å². The quantitative estimate of drug-likeness (QED) is 0.215. The van der Waals surface area contributed by atoms with Crippen LogP contribution in [0.2, 0.25) is 5.02 Å². The van der Waals surface area contributed by atoms with Gasteiger partial charge >= 0.3 is 6.18 Å². The van der Waals surface area contributed by atoms with E-state index in [4.69, 9.17) is 22.7 Å². The molecule has 0 amide bonds. The molecule has 0 spiro atoms. The van der Waals surface area contributed by atoms with Crippen LogP contribution in [0.3, 0.4) is 0 Å². The molecule has 2 unspecified atom stereocenters. The van der Waals surface area contributed by atoms with Crippen LogP contribution in [-0.2, 0) is 6.18 Å². The number of benzene rings is 1. The van der Waals surface area contributed by atoms with Crippen molar-refractivity contribution in [3.05, 3.63) is 52.7 Å². The fourth-order valence-corrected chi connectivity index (χ4v) is 4.93. The van der Waals surface area contributed by atoms with Crippen LogP contribution < -0.4 is 11.1 Å². The monoisotopic (exact) mass is 515 g/mol. The summed E-state index contributed by atoms with van der Waals surface area (Å²) in [5.41, 5.74) is 6.16. The molecule has 1 fully saturated rings. The molecule has 2 aromatic rings. The summed E-state index contributed by atoms with van der Waals surface area (Å²) in [6.07, 6.45) is -0.843. The van der Waals surface area contributed by atoms with E-state index >= 15 is 0 Å². The van der Waals surface area contributed by atoms with Gasteiger partial charge in [-0.1, -0.05) is 44.0 Å². The van der Waals surface area contributed by atoms with E-state index < -0.39 is 11.7 Å². The number of nitrogens with two attached hydrogens (primary N) is 1. The summed E-state index contributed by atoms with van der Waals surface area (Å²) in [4.78, 5) is 4.84. The summed E-state index contributed by atoms with van der Waals surface area (Å²) < 4.78 is 42.8. The van der Waals surface area contributed by atoms with Crippen LogP contribution in [0.15, 0.2) is 45.8 Å². The van der Waals surface area contributed by atoms with Crippen molar-refractivity contribution in [2.75, 3.05) is 5.32 Å². The molecule has 11 heteroatoms. The summed E-state index contributed by atoms with van der Waals surface area (Å²) in [7, 11) is 0. The maximum atomic E-state index is 12.9. The SMILES string of the molecule is CC(C)C(=N)S/C(N)=N\Sc1ccc(C2CCCC2Nc2ncc(C(F)(F)F)cc2Cl)cc1. The summed E-state index contributed by atoms with van der Waals surface area (Å²) in [5.74, 6) is 0.566. The van der Waals surface area contributed by atoms with Gasteiger partial charge in [-0.05, 0) is 48.4 Å². The van der Waals surface area contributed by atoms with E-state index in [-0.39, 0.29) is 28.7 Å². The second-order valence-corrected chi connectivity index (χ2v) is 10.4. The summed E-state index contributed by atoms with van der Waals surface area (Å²) in [6, 6.07) is 8.92. The van der Waals surface area contributed by atoms with Gasteiger partial charge in [-0.2, -0.15) is 17.6 Å². The highest BCUT2D eigenvalue weighted by atomic mass is 35.5. The van der Waals surface area contributed by atoms with Crippen LogP contribution in [0.5, 0.6) is 0 Å². The van der Waals surface area contributed by atoms with E-state index in [1.165, 1.54) is 11.9 Å². The lowest BCUT2D eigenvalue weighted by Crippen LogP contribution is -2.23. The highest BCUT2D eigenvalue weighted by Crippen LogP contribution is 2.39. The minimum Gasteiger partial charge on any atom is -0.377 e. The molecule has 1 saturated carbocycles. The number of halogens is 4. The summed E-state index contributed by atoms with van der Waals surface area (Å²) >= 11 is 8.48. The van der Waals surface area contributed by atoms with E-state index in [0.717, 1.165) is 53.7 Å². The zero-order chi connectivity index (χ0) is 24.2. The standard InChI is InChI=1S/C22H25ClF3N5S2/c1-12(2)19(27)32-21(28)31-33-15-8-6-13(7-9-15)16-4-3-5-18(16)30-20-17(23)10-14(11-29-20)22(24,25)26/h6-12,16,18,27H,3-5H2,1-2H3,(H2,28,31)(H,29,30). The third kappa shape index (κ3) is 7.04. The molecular formula is C22H25ClF3N5S2. The van der Waals surface area contributed by atoms with Gasteiger partial charge in [0.05, 0.1) is 15.6 Å². The Kier molecular flexibility index (Phi) is 8.58. The molecule has 1 aromatic heterocycles. The zero-order valence-electron chi connectivity index (χ0n) is 18.1. The Labute approximate surface area is 204 Å². The maximum Gasteiger partial charge on any atom is 0.417 e. The highest BCUT2D eigenvalue weighted by molar-refractivity contribution is 8.26. The number of pyridine rings is 1. The Morgan fingerprint density at radius 1 is 1.27 bits per heavy atom. The number of anilines is 1. The minimum atomic E-state index is -4.48. The third-order valence-electron chi connectivity index (χ3n) is 5.29. The van der Waals surface area contributed by atoms with Crippen LogP contribution in [0.1, 0.15) is 50.2 Å². The molecular weight excluding hydrogens is 491 g/mol. The van der Waals surface area contributed by atoms with Gasteiger partial charge in [-0.3, -0.25) is 5.41 Å². The predicted octanol–water partition coefficient (Wildman–Crippen LogP) is 7.19. The molecule has 0 radical (unpaired) electrons. The molecule has 1 aliphatic rings. The Morgan fingerprint density at radius 2 is 1.97 bits per heavy atom. The highest BCUT2D eigenvalue weighted by Gasteiger charge is 2.33. The zero-order valence-corrected chi connectivity index (χ0v) is 20.5. The summed E-state index contributed by atoms with van der Waals surface area (Å²) in [5, 5.41) is 11.9. The van der Waals surface area contributed by atoms with Crippen LogP contribution >= 0.6 is 35.3 Å². The van der Waals surface area contributed by atoms with Crippen molar-refractivity contribution in [2.45, 2.75) is 56.1 Å². The van der Waals surface area contributed by atoms with Crippen molar-refractivity contribution in [1.82, 2.24) is 4.98 Å². The van der Waals surface area contributed by atoms with E-state index in [1.54, 1.807) is 0 Å². The first-order valence-corrected chi connectivity index (χ1v) is 12.4. The Morgan fingerprint density at radius 3 is 2.58 bits per heavy atom. The molecule has 2 atom stereocenters. The first-order valence-electron chi connectivity index (χ1n) is 10.4. The van der Waals surface area contributed by atoms with Crippen molar-refractivity contribution in [1.29, 1.82) is 5.41 Å². The molecule has 5 nitrogen and oxygen atoms in total. The van der Waals surface area contributed by atoms with Gasteiger partial charge in [0.15, 0.2) is 5.17 Å². The number of rotatable bonds is 6. The number of hydrogen-bond donors (Lipinski definition) is 3. The van der Waals surface area contributed by atoms with Gasteiger partial charge in [0.1, 0.15) is 5.82 Å². The number of nitrogens with one attached hydrogen (secondary N) is 2. The Balaban J connectivity index is 1.64. The number of hydrogen-bond acceptors (Lipinski definition) is 6. The molecule has 33 heavy (non-hydrogen) atoms. The second-order valence-electron chi connectivity index (χ2n) is 8.05. The van der Waals surface area contributed by atoms with Crippen LogP contribution in [-0.4, -0.2) is 21.2 Å². The Hall–Kier alpha value is -1.91. The minimum absolute atomic E-state index is 0.0253. The number of amidine groups is 1. The number of alkyl halides is 3. The van der Waals surface area contributed by atoms with Crippen molar-refractivity contribution in [3.63, 3.8) is 0 Å². The fraction of sp³-hybridized carbons (Fsp3) is 0.409. The fourth-order valence-electron chi connectivity index (χ4n) is 3.53. The van der Waals surface area contributed by atoms with E-state index in [1.807, 2.05) is 38.1 Å². The lowest BCUT2D eigenvalue weighted by atomic mass is 9.94. The molecule has 178 valence electrons. The molecule has 0 aliphatic heterocycles. The van der Waals surface area contributed by atoms with Crippen molar-refractivity contribution in [2.24, 2.45) is 16.0 Å². The average molecular weight is 516 g/mol. The van der Waals surface area contributed by atoms with Gasteiger partial charge < -0.3 is 11.1 Å². The molecule has 4 N–H and O–H groups in total. The van der Waals surface area contributed by atoms with Gasteiger partial charge in [-0.25, -0.2) is 4.98 Å². The van der Waals surface area contributed by atoms with Crippen LogP contribution in [0.25, 0.3) is 0 Å². The lowest BCUT2D eigenvalue weighted by Gasteiger charge is -2.23. The molecule has 0 saturated heterocycles. The van der Waals surface area contributed by atoms with Crippen molar-refractivity contribution < 1.29 is 13.2 Å². The van der Waals surface area contributed by atoms with E-state index in [2.05, 4.69) is 14.7 Å². The molecule has 1 aromatic carbocycles. The maximum absolute atomic E-state index is 12.9. The van der Waals surface area contributed by atoms with Crippen LogP contribution in [0, 0.1) is 11.3 Å². The normalized spacial score (nSPS) is 19.2. The van der Waals surface area contributed by atoms with E-state index in [9.17, 15) is 13.2 Å². The number of aromatic nitrogens is 1. The first-order chi connectivity index (χ1) is 15.5. The van der Waals surface area contributed by atoms with Gasteiger partial charge in [-0.15, -0.1) is 0 Å². The molecule has 1 aliphatic carbocycles. The largest absolute Gasteiger partial charge is 0.417 e. The predicted molar refractivity (Wildman–Crippen MR) is 132 cm³/mol. The number of thioether (sulfide) groups is 1. The smallest absolute Gasteiger partial charge is 0.377 e. The molecule has 0 bridgehead atoms. The summed E-state index contributed by atoms with van der Waals surface area (Å²) in [6.45, 7) is 3.86. The average Bonchev–Trinajstić information content (AvgIpc) is 3.21. The topological polar surface area (TPSA) is 87.2 Å². The van der Waals surface area contributed by atoms with Crippen molar-refractivity contribution in [3.8, 4) is 0 Å². The van der Waals surface area contributed by atoms with Gasteiger partial charge in [0.25, 0.3) is 0 Å². The molecule has 1 heterocycles. The van der Waals surface area contributed by atoms with Gasteiger partial charge in [0.2, 0.25) is 0 Å². The third-order valence-corrected chi connectivity index (χ3v) is 7.46. The number of nitrogens with zero attached hydrogens (tertiary/aromatic N) is 2. The second kappa shape index (κ2) is 11.0. The Bertz CT molecular complexity index is 1010. The lowest BCUT2D eigenvalue weighted by molar-refractivity contribution is -0.137. The van der Waals surface area contributed by atoms with Gasteiger partial charge in [0, 0.05) is 40.9 Å². The first kappa shape index (κ1) is 25.7. The van der Waals surface area contributed by atoms with Crippen molar-refractivity contribution >= 4 is 51.3 Å². The molecule has 3 rings (SSSR count).